The molecule has 7 heteroatoms. The Kier molecular flexibility index (Phi) is 6.36. The molecular weight excluding hydrogens is 308 g/mol. The third kappa shape index (κ3) is 3.77. The van der Waals surface area contributed by atoms with Gasteiger partial charge in [-0.25, -0.2) is 9.78 Å². The van der Waals surface area contributed by atoms with Crippen LogP contribution in [0, 0.1) is 0 Å². The SMILES string of the molecule is CCCCn1c(=O)c2c(ncn2CC[C@@H](C)O)n(CCCC)c1=O. The van der Waals surface area contributed by atoms with E-state index in [2.05, 4.69) is 11.9 Å². The van der Waals surface area contributed by atoms with Crippen molar-refractivity contribution in [1.29, 1.82) is 0 Å². The fraction of sp³-hybridized carbons (Fsp3) is 0.706. The predicted molar refractivity (Wildman–Crippen MR) is 94.4 cm³/mol. The molecule has 2 rings (SSSR count). The van der Waals surface area contributed by atoms with Crippen molar-refractivity contribution in [3.8, 4) is 0 Å². The molecule has 0 fully saturated rings. The molecule has 0 saturated heterocycles. The van der Waals surface area contributed by atoms with Gasteiger partial charge in [0.1, 0.15) is 0 Å². The third-order valence-electron chi connectivity index (χ3n) is 4.24. The summed E-state index contributed by atoms with van der Waals surface area (Å²) < 4.78 is 4.71. The van der Waals surface area contributed by atoms with Gasteiger partial charge in [-0.3, -0.25) is 13.9 Å². The zero-order chi connectivity index (χ0) is 17.7. The highest BCUT2D eigenvalue weighted by atomic mass is 16.3. The molecule has 0 amide bonds. The van der Waals surface area contributed by atoms with Gasteiger partial charge >= 0.3 is 5.69 Å². The van der Waals surface area contributed by atoms with E-state index in [9.17, 15) is 14.7 Å². The van der Waals surface area contributed by atoms with Crippen LogP contribution in [0.3, 0.4) is 0 Å². The third-order valence-corrected chi connectivity index (χ3v) is 4.24. The maximum atomic E-state index is 12.8. The highest BCUT2D eigenvalue weighted by Crippen LogP contribution is 2.10. The molecule has 0 aromatic carbocycles. The number of aromatic nitrogens is 4. The summed E-state index contributed by atoms with van der Waals surface area (Å²) in [6.45, 7) is 7.31. The van der Waals surface area contributed by atoms with Crippen molar-refractivity contribution in [2.45, 2.75) is 78.6 Å². The molecule has 24 heavy (non-hydrogen) atoms. The fourth-order valence-corrected chi connectivity index (χ4v) is 2.77. The molecule has 2 aromatic rings. The second kappa shape index (κ2) is 8.28. The summed E-state index contributed by atoms with van der Waals surface area (Å²) in [5.74, 6) is 0. The largest absolute Gasteiger partial charge is 0.393 e. The zero-order valence-corrected chi connectivity index (χ0v) is 14.9. The number of aliphatic hydroxyl groups is 1. The Morgan fingerprint density at radius 2 is 1.71 bits per heavy atom. The summed E-state index contributed by atoms with van der Waals surface area (Å²) in [4.78, 5) is 29.9. The van der Waals surface area contributed by atoms with E-state index in [0.29, 0.717) is 37.2 Å². The predicted octanol–water partition coefficient (Wildman–Crippen LogP) is 1.73. The normalized spacial score (nSPS) is 12.8. The maximum absolute atomic E-state index is 12.8. The van der Waals surface area contributed by atoms with E-state index in [-0.39, 0.29) is 11.2 Å². The van der Waals surface area contributed by atoms with E-state index < -0.39 is 6.10 Å². The highest BCUT2D eigenvalue weighted by molar-refractivity contribution is 5.70. The van der Waals surface area contributed by atoms with Crippen molar-refractivity contribution in [3.05, 3.63) is 27.2 Å². The zero-order valence-electron chi connectivity index (χ0n) is 14.9. The number of aliphatic hydroxyl groups excluding tert-OH is 1. The van der Waals surface area contributed by atoms with Gasteiger partial charge < -0.3 is 9.67 Å². The molecule has 0 saturated carbocycles. The fourth-order valence-electron chi connectivity index (χ4n) is 2.77. The molecular formula is C17H28N4O3. The summed E-state index contributed by atoms with van der Waals surface area (Å²) in [6, 6.07) is 0. The minimum absolute atomic E-state index is 0.268. The lowest BCUT2D eigenvalue weighted by molar-refractivity contribution is 0.178. The molecule has 0 bridgehead atoms. The summed E-state index contributed by atoms with van der Waals surface area (Å²) in [7, 11) is 0. The Bertz CT molecular complexity index is 785. The molecule has 0 radical (unpaired) electrons. The summed E-state index contributed by atoms with van der Waals surface area (Å²) in [6.07, 6.45) is 5.22. The topological polar surface area (TPSA) is 82.0 Å². The van der Waals surface area contributed by atoms with E-state index in [1.807, 2.05) is 6.92 Å². The van der Waals surface area contributed by atoms with Crippen LogP contribution in [0.5, 0.6) is 0 Å². The van der Waals surface area contributed by atoms with Gasteiger partial charge in [0.05, 0.1) is 12.4 Å². The van der Waals surface area contributed by atoms with Gasteiger partial charge in [0.25, 0.3) is 5.56 Å². The number of hydrogen-bond acceptors (Lipinski definition) is 4. The van der Waals surface area contributed by atoms with Crippen LogP contribution in [-0.4, -0.2) is 29.9 Å². The molecule has 0 aliphatic carbocycles. The van der Waals surface area contributed by atoms with Crippen molar-refractivity contribution < 1.29 is 5.11 Å². The first-order chi connectivity index (χ1) is 11.5. The summed E-state index contributed by atoms with van der Waals surface area (Å²) in [5.41, 5.74) is 0.369. The number of unbranched alkanes of at least 4 members (excludes halogenated alkanes) is 2. The molecule has 1 atom stereocenters. The quantitative estimate of drug-likeness (QED) is 0.756. The van der Waals surface area contributed by atoms with E-state index in [0.717, 1.165) is 25.7 Å². The molecule has 2 aromatic heterocycles. The van der Waals surface area contributed by atoms with Gasteiger partial charge in [-0.15, -0.1) is 0 Å². The van der Waals surface area contributed by atoms with E-state index in [4.69, 9.17) is 0 Å². The molecule has 0 unspecified atom stereocenters. The minimum atomic E-state index is -0.448. The number of rotatable bonds is 9. The molecule has 0 aliphatic heterocycles. The van der Waals surface area contributed by atoms with Gasteiger partial charge in [0, 0.05) is 19.6 Å². The number of hydrogen-bond donors (Lipinski definition) is 1. The standard InChI is InChI=1S/C17H28N4O3/c1-4-6-9-20-15-14(19(12-18-15)11-8-13(3)22)16(23)21(17(20)24)10-7-5-2/h12-13,22H,4-11H2,1-3H3/t13-/m1/s1. The monoisotopic (exact) mass is 336 g/mol. The van der Waals surface area contributed by atoms with Gasteiger partial charge in [-0.05, 0) is 26.2 Å². The van der Waals surface area contributed by atoms with Gasteiger partial charge in [0.2, 0.25) is 0 Å². The Morgan fingerprint density at radius 3 is 2.29 bits per heavy atom. The number of fused-ring (bicyclic) bond motifs is 1. The molecule has 7 nitrogen and oxygen atoms in total. The smallest absolute Gasteiger partial charge is 0.332 e. The minimum Gasteiger partial charge on any atom is -0.393 e. The molecule has 134 valence electrons. The van der Waals surface area contributed by atoms with Gasteiger partial charge in [-0.2, -0.15) is 0 Å². The Hall–Kier alpha value is -1.89. The molecule has 1 N–H and O–H groups in total. The van der Waals surface area contributed by atoms with Crippen LogP contribution in [0.2, 0.25) is 0 Å². The lowest BCUT2D eigenvalue weighted by Gasteiger charge is -2.12. The van der Waals surface area contributed by atoms with Crippen LogP contribution in [0.15, 0.2) is 15.9 Å². The lowest BCUT2D eigenvalue weighted by atomic mass is 10.3. The number of imidazole rings is 1. The first-order valence-electron chi connectivity index (χ1n) is 8.87. The second-order valence-corrected chi connectivity index (χ2v) is 6.35. The molecule has 0 aliphatic rings. The average Bonchev–Trinajstić information content (AvgIpc) is 2.97. The number of nitrogens with zero attached hydrogens (tertiary/aromatic N) is 4. The van der Waals surface area contributed by atoms with Crippen LogP contribution in [0.25, 0.3) is 11.2 Å². The Balaban J connectivity index is 2.61. The van der Waals surface area contributed by atoms with Crippen molar-refractivity contribution >= 4 is 11.2 Å². The van der Waals surface area contributed by atoms with Crippen molar-refractivity contribution in [3.63, 3.8) is 0 Å². The van der Waals surface area contributed by atoms with Crippen LogP contribution in [0.1, 0.15) is 52.9 Å². The van der Waals surface area contributed by atoms with Crippen LogP contribution in [0.4, 0.5) is 0 Å². The lowest BCUT2D eigenvalue weighted by Crippen LogP contribution is -2.40. The second-order valence-electron chi connectivity index (χ2n) is 6.35. The molecule has 2 heterocycles. The van der Waals surface area contributed by atoms with Crippen LogP contribution < -0.4 is 11.2 Å². The van der Waals surface area contributed by atoms with E-state index in [1.165, 1.54) is 4.57 Å². The highest BCUT2D eigenvalue weighted by Gasteiger charge is 2.17. The van der Waals surface area contributed by atoms with E-state index in [1.54, 1.807) is 22.4 Å². The van der Waals surface area contributed by atoms with Crippen LogP contribution in [-0.2, 0) is 19.6 Å². The summed E-state index contributed by atoms with van der Waals surface area (Å²) in [5, 5.41) is 9.51. The van der Waals surface area contributed by atoms with Crippen molar-refractivity contribution in [2.24, 2.45) is 0 Å². The number of aryl methyl sites for hydroxylation is 2. The van der Waals surface area contributed by atoms with Crippen LogP contribution >= 0.6 is 0 Å². The Morgan fingerprint density at radius 1 is 1.08 bits per heavy atom. The van der Waals surface area contributed by atoms with Gasteiger partial charge in [-0.1, -0.05) is 26.7 Å². The first-order valence-corrected chi connectivity index (χ1v) is 8.87. The van der Waals surface area contributed by atoms with E-state index >= 15 is 0 Å². The van der Waals surface area contributed by atoms with Gasteiger partial charge in [0.15, 0.2) is 11.2 Å². The summed E-state index contributed by atoms with van der Waals surface area (Å²) >= 11 is 0. The molecule has 0 spiro atoms. The maximum Gasteiger partial charge on any atom is 0.332 e. The van der Waals surface area contributed by atoms with Crippen molar-refractivity contribution in [2.75, 3.05) is 0 Å². The Labute approximate surface area is 141 Å². The average molecular weight is 336 g/mol. The van der Waals surface area contributed by atoms with Crippen molar-refractivity contribution in [1.82, 2.24) is 18.7 Å². The first kappa shape index (κ1) is 18.4.